The molecule has 0 radical (unpaired) electrons. The standard InChI is InChI=1S/2C12H10N3.2C8H12O.2Rh/c2*1-3-7-11(8-4-1)13-15-14-12-9-5-2-6-10-12;2*9-8-6-4-2-1-3-5-7-8;;/h2*1-10H;2*1-2,7-8H,3-6H2;;/q2*-1;2*-2;2*+3/b;;2*2-1-;;. The topological polar surface area (TPSA) is 124 Å². The molecule has 4 aromatic carbocycles. The Morgan fingerprint density at radius 3 is 1.14 bits per heavy atom. The number of hydrogen-bond donors (Lipinski definition) is 0. The van der Waals surface area contributed by atoms with Crippen LogP contribution < -0.4 is 10.2 Å². The fraction of sp³-hybridized carbons (Fsp3) is 0.250. The molecule has 2 aliphatic carbocycles. The van der Waals surface area contributed by atoms with Crippen LogP contribution in [0, 0.1) is 12.8 Å². The molecule has 0 heterocycles. The zero-order valence-corrected chi connectivity index (χ0v) is 31.3. The van der Waals surface area contributed by atoms with E-state index < -0.39 is 12.2 Å². The number of nitrogens with zero attached hydrogens (tertiary/aromatic N) is 6. The molecular formula is C40H44N6O2Rh2. The minimum Gasteiger partial charge on any atom is -0.876 e. The van der Waals surface area contributed by atoms with Crippen molar-refractivity contribution in [2.24, 2.45) is 20.7 Å². The van der Waals surface area contributed by atoms with Crippen LogP contribution in [0.1, 0.15) is 51.4 Å². The average Bonchev–Trinajstić information content (AvgIpc) is 3.11. The molecule has 2 aliphatic rings. The van der Waals surface area contributed by atoms with Gasteiger partial charge in [-0.15, -0.1) is 0 Å². The maximum absolute atomic E-state index is 10.8. The molecule has 50 heavy (non-hydrogen) atoms. The monoisotopic (exact) mass is 846 g/mol. The molecule has 0 N–H and O–H groups in total. The molecule has 0 aliphatic heterocycles. The summed E-state index contributed by atoms with van der Waals surface area (Å²) in [6, 6.07) is 38.1. The Morgan fingerprint density at radius 2 is 0.780 bits per heavy atom. The summed E-state index contributed by atoms with van der Waals surface area (Å²) < 4.78 is 0. The second kappa shape index (κ2) is 30.2. The van der Waals surface area contributed by atoms with Gasteiger partial charge in [-0.2, -0.15) is 12.8 Å². The number of rotatable bonds is 6. The van der Waals surface area contributed by atoms with E-state index in [-0.39, 0.29) is 39.0 Å². The van der Waals surface area contributed by atoms with Gasteiger partial charge < -0.3 is 44.1 Å². The molecule has 6 rings (SSSR count). The van der Waals surface area contributed by atoms with Crippen LogP contribution in [0.2, 0.25) is 0 Å². The van der Waals surface area contributed by atoms with E-state index in [1.54, 1.807) is 0 Å². The molecule has 10 heteroatoms. The summed E-state index contributed by atoms with van der Waals surface area (Å²) in [6.45, 7) is 0. The van der Waals surface area contributed by atoms with Crippen molar-refractivity contribution in [2.45, 2.75) is 63.6 Å². The van der Waals surface area contributed by atoms with Crippen molar-refractivity contribution in [3.8, 4) is 0 Å². The quantitative estimate of drug-likeness (QED) is 0.0630. The van der Waals surface area contributed by atoms with Gasteiger partial charge in [0.25, 0.3) is 0 Å². The Balaban J connectivity index is 0.000000338. The molecule has 4 aromatic rings. The van der Waals surface area contributed by atoms with Crippen LogP contribution in [0.5, 0.6) is 0 Å². The van der Waals surface area contributed by atoms with Gasteiger partial charge in [-0.25, -0.2) is 0 Å². The van der Waals surface area contributed by atoms with Crippen molar-refractivity contribution in [1.82, 2.24) is 0 Å². The Morgan fingerprint density at radius 1 is 0.460 bits per heavy atom. The largest absolute Gasteiger partial charge is 3.00 e. The molecule has 0 aromatic heterocycles. The zero-order valence-electron chi connectivity index (χ0n) is 28.0. The Hall–Kier alpha value is -3.67. The van der Waals surface area contributed by atoms with Crippen molar-refractivity contribution >= 4 is 22.7 Å². The van der Waals surface area contributed by atoms with E-state index in [0.29, 0.717) is 0 Å². The summed E-state index contributed by atoms with van der Waals surface area (Å²) in [5.74, 6) is 0. The van der Waals surface area contributed by atoms with Gasteiger partial charge in [0.2, 0.25) is 0 Å². The first-order valence-corrected chi connectivity index (χ1v) is 16.4. The van der Waals surface area contributed by atoms with Crippen LogP contribution in [0.4, 0.5) is 22.7 Å². The minimum absolute atomic E-state index is 0. The molecule has 2 unspecified atom stereocenters. The molecule has 0 saturated heterocycles. The third-order valence-corrected chi connectivity index (χ3v) is 6.76. The van der Waals surface area contributed by atoms with Gasteiger partial charge in [-0.3, -0.25) is 22.7 Å². The summed E-state index contributed by atoms with van der Waals surface area (Å²) in [4.78, 5) is 0. The van der Waals surface area contributed by atoms with Crippen LogP contribution >= 0.6 is 0 Å². The number of benzene rings is 4. The smallest absolute Gasteiger partial charge is 0.876 e. The van der Waals surface area contributed by atoms with Gasteiger partial charge in [0.15, 0.2) is 0 Å². The molecule has 2 atom stereocenters. The third kappa shape index (κ3) is 22.9. The van der Waals surface area contributed by atoms with Gasteiger partial charge in [0, 0.05) is 0 Å². The first-order chi connectivity index (χ1) is 23.7. The van der Waals surface area contributed by atoms with Crippen molar-refractivity contribution < 1.29 is 49.2 Å². The van der Waals surface area contributed by atoms with Crippen LogP contribution in [0.15, 0.2) is 166 Å². The summed E-state index contributed by atoms with van der Waals surface area (Å²) in [5, 5.41) is 37.1. The first-order valence-electron chi connectivity index (χ1n) is 16.4. The van der Waals surface area contributed by atoms with Crippen molar-refractivity contribution in [1.29, 1.82) is 0 Å². The SMILES string of the molecule is [O-]C1[CH-]CC/C=C\CC1.[O-]C1[CH-]CC/C=C\CC1.[Rh+3].[Rh+3].c1ccc(N=N[N-]c2ccccc2)cc1.c1ccc(N=N[N-]c2ccccc2)cc1. The Labute approximate surface area is 323 Å². The van der Waals surface area contributed by atoms with Gasteiger partial charge in [-0.05, 0) is 35.6 Å². The van der Waals surface area contributed by atoms with Crippen molar-refractivity contribution in [2.75, 3.05) is 0 Å². The molecule has 0 bridgehead atoms. The summed E-state index contributed by atoms with van der Waals surface area (Å²) >= 11 is 0. The van der Waals surface area contributed by atoms with E-state index in [4.69, 9.17) is 0 Å². The van der Waals surface area contributed by atoms with E-state index in [1.807, 2.05) is 134 Å². The third-order valence-electron chi connectivity index (χ3n) is 6.76. The maximum Gasteiger partial charge on any atom is 3.00 e. The number of allylic oxidation sites excluding steroid dienone is 4. The van der Waals surface area contributed by atoms with Crippen LogP contribution in [-0.4, -0.2) is 12.2 Å². The fourth-order valence-corrected chi connectivity index (χ4v) is 4.21. The van der Waals surface area contributed by atoms with E-state index in [9.17, 15) is 10.2 Å². The van der Waals surface area contributed by atoms with Crippen LogP contribution in [0.25, 0.3) is 10.9 Å². The Bertz CT molecular complexity index is 1350. The maximum atomic E-state index is 10.8. The van der Waals surface area contributed by atoms with Gasteiger partial charge in [-0.1, -0.05) is 171 Å². The summed E-state index contributed by atoms with van der Waals surface area (Å²) in [7, 11) is 0. The van der Waals surface area contributed by atoms with E-state index in [1.165, 1.54) is 0 Å². The number of hydrogen-bond acceptors (Lipinski definition) is 6. The van der Waals surface area contributed by atoms with Crippen LogP contribution in [-0.2, 0) is 39.0 Å². The zero-order chi connectivity index (χ0) is 33.7. The predicted molar refractivity (Wildman–Crippen MR) is 192 cm³/mol. The second-order valence-corrected chi connectivity index (χ2v) is 10.7. The van der Waals surface area contributed by atoms with E-state index >= 15 is 0 Å². The summed E-state index contributed by atoms with van der Waals surface area (Å²) in [5.41, 5.74) is 11.1. The van der Waals surface area contributed by atoms with Gasteiger partial charge in [0.05, 0.1) is 0 Å². The minimum atomic E-state index is -0.407. The molecule has 0 spiro atoms. The molecule has 8 nitrogen and oxygen atoms in total. The van der Waals surface area contributed by atoms with Crippen LogP contribution in [0.3, 0.4) is 0 Å². The fourth-order valence-electron chi connectivity index (χ4n) is 4.21. The predicted octanol–water partition coefficient (Wildman–Crippen LogP) is 10.9. The molecule has 0 saturated carbocycles. The molecule has 264 valence electrons. The second-order valence-electron chi connectivity index (χ2n) is 10.7. The van der Waals surface area contributed by atoms with Crippen molar-refractivity contribution in [3.05, 3.63) is 169 Å². The normalized spacial score (nSPS) is 18.0. The average molecular weight is 847 g/mol. The first kappa shape index (κ1) is 44.3. The molecular weight excluding hydrogens is 802 g/mol. The summed E-state index contributed by atoms with van der Waals surface area (Å²) in [6.07, 6.45) is 19.0. The Kier molecular flexibility index (Phi) is 26.8. The van der Waals surface area contributed by atoms with Gasteiger partial charge >= 0.3 is 39.0 Å². The van der Waals surface area contributed by atoms with Crippen molar-refractivity contribution in [3.63, 3.8) is 0 Å². The molecule has 0 amide bonds. The molecule has 0 fully saturated rings. The van der Waals surface area contributed by atoms with Gasteiger partial charge in [0.1, 0.15) is 0 Å². The van der Waals surface area contributed by atoms with E-state index in [2.05, 4.69) is 55.8 Å². The van der Waals surface area contributed by atoms with E-state index in [0.717, 1.165) is 74.1 Å².